The molecule has 1 aromatic rings. The highest BCUT2D eigenvalue weighted by atomic mass is 16.5. The van der Waals surface area contributed by atoms with Crippen LogP contribution in [0.15, 0.2) is 24.3 Å². The SMILES string of the molecule is N=C(N)c1ccccc1COC1CCCCC1. The number of rotatable bonds is 4. The number of amidine groups is 1. The van der Waals surface area contributed by atoms with E-state index in [0.717, 1.165) is 11.1 Å². The Kier molecular flexibility index (Phi) is 4.15. The Bertz CT molecular complexity index is 384. The van der Waals surface area contributed by atoms with Gasteiger partial charge in [-0.15, -0.1) is 0 Å². The summed E-state index contributed by atoms with van der Waals surface area (Å²) >= 11 is 0. The van der Waals surface area contributed by atoms with Crippen LogP contribution in [0.2, 0.25) is 0 Å². The molecule has 3 N–H and O–H groups in total. The molecule has 0 spiro atoms. The lowest BCUT2D eigenvalue weighted by Gasteiger charge is -2.22. The summed E-state index contributed by atoms with van der Waals surface area (Å²) in [5.74, 6) is 0.118. The lowest BCUT2D eigenvalue weighted by molar-refractivity contribution is 0.0168. The van der Waals surface area contributed by atoms with Gasteiger partial charge in [0, 0.05) is 5.56 Å². The monoisotopic (exact) mass is 232 g/mol. The van der Waals surface area contributed by atoms with Gasteiger partial charge >= 0.3 is 0 Å². The van der Waals surface area contributed by atoms with Crippen LogP contribution in [0, 0.1) is 5.41 Å². The Morgan fingerprint density at radius 2 is 1.94 bits per heavy atom. The van der Waals surface area contributed by atoms with E-state index in [2.05, 4.69) is 0 Å². The van der Waals surface area contributed by atoms with Crippen molar-refractivity contribution in [2.24, 2.45) is 5.73 Å². The van der Waals surface area contributed by atoms with Gasteiger partial charge < -0.3 is 10.5 Å². The van der Waals surface area contributed by atoms with Crippen molar-refractivity contribution in [1.82, 2.24) is 0 Å². The van der Waals surface area contributed by atoms with Crippen LogP contribution in [0.25, 0.3) is 0 Å². The fraction of sp³-hybridized carbons (Fsp3) is 0.500. The van der Waals surface area contributed by atoms with E-state index in [0.29, 0.717) is 12.7 Å². The van der Waals surface area contributed by atoms with Crippen molar-refractivity contribution in [2.75, 3.05) is 0 Å². The fourth-order valence-electron chi connectivity index (χ4n) is 2.35. The fourth-order valence-corrected chi connectivity index (χ4v) is 2.35. The third-order valence-electron chi connectivity index (χ3n) is 3.33. The van der Waals surface area contributed by atoms with Crippen LogP contribution < -0.4 is 5.73 Å². The number of benzene rings is 1. The summed E-state index contributed by atoms with van der Waals surface area (Å²) < 4.78 is 5.91. The molecule has 1 saturated carbocycles. The van der Waals surface area contributed by atoms with Crippen LogP contribution in [0.3, 0.4) is 0 Å². The molecule has 3 heteroatoms. The summed E-state index contributed by atoms with van der Waals surface area (Å²) in [6.07, 6.45) is 6.62. The molecule has 3 nitrogen and oxygen atoms in total. The highest BCUT2D eigenvalue weighted by Crippen LogP contribution is 2.22. The summed E-state index contributed by atoms with van der Waals surface area (Å²) in [6.45, 7) is 0.570. The first kappa shape index (κ1) is 12.1. The Labute approximate surface area is 102 Å². The van der Waals surface area contributed by atoms with Gasteiger partial charge in [0.2, 0.25) is 0 Å². The molecular weight excluding hydrogens is 212 g/mol. The van der Waals surface area contributed by atoms with Gasteiger partial charge in [0.1, 0.15) is 5.84 Å². The second-order valence-electron chi connectivity index (χ2n) is 4.64. The number of nitrogens with two attached hydrogens (primary N) is 1. The van der Waals surface area contributed by atoms with E-state index in [1.807, 2.05) is 24.3 Å². The minimum absolute atomic E-state index is 0.118. The minimum atomic E-state index is 0.118. The molecule has 1 aliphatic carbocycles. The first-order valence-electron chi connectivity index (χ1n) is 6.31. The van der Waals surface area contributed by atoms with Crippen LogP contribution in [0.5, 0.6) is 0 Å². The number of hydrogen-bond acceptors (Lipinski definition) is 2. The van der Waals surface area contributed by atoms with E-state index in [1.54, 1.807) is 0 Å². The third kappa shape index (κ3) is 3.30. The third-order valence-corrected chi connectivity index (χ3v) is 3.33. The van der Waals surface area contributed by atoms with Crippen LogP contribution in [0.4, 0.5) is 0 Å². The minimum Gasteiger partial charge on any atom is -0.384 e. The van der Waals surface area contributed by atoms with Crippen LogP contribution >= 0.6 is 0 Å². The summed E-state index contributed by atoms with van der Waals surface area (Å²) in [6, 6.07) is 7.73. The van der Waals surface area contributed by atoms with Gasteiger partial charge in [-0.2, -0.15) is 0 Å². The van der Waals surface area contributed by atoms with Gasteiger partial charge in [-0.05, 0) is 18.4 Å². The Hall–Kier alpha value is -1.35. The molecule has 17 heavy (non-hydrogen) atoms. The highest BCUT2D eigenvalue weighted by Gasteiger charge is 2.14. The Morgan fingerprint density at radius 1 is 1.24 bits per heavy atom. The quantitative estimate of drug-likeness (QED) is 0.619. The van der Waals surface area contributed by atoms with Gasteiger partial charge in [0.15, 0.2) is 0 Å². The van der Waals surface area contributed by atoms with Crippen LogP contribution in [0.1, 0.15) is 43.2 Å². The zero-order chi connectivity index (χ0) is 12.1. The maximum atomic E-state index is 7.52. The molecule has 2 rings (SSSR count). The first-order valence-corrected chi connectivity index (χ1v) is 6.31. The lowest BCUT2D eigenvalue weighted by Crippen LogP contribution is -2.18. The number of nitrogens with one attached hydrogen (secondary N) is 1. The van der Waals surface area contributed by atoms with Crippen molar-refractivity contribution in [3.8, 4) is 0 Å². The standard InChI is InChI=1S/C14H20N2O/c15-14(16)13-9-5-4-6-11(13)10-17-12-7-2-1-3-8-12/h4-6,9,12H,1-3,7-8,10H2,(H3,15,16). The highest BCUT2D eigenvalue weighted by molar-refractivity contribution is 5.96. The topological polar surface area (TPSA) is 59.1 Å². The molecule has 0 atom stereocenters. The van der Waals surface area contributed by atoms with Gasteiger partial charge in [0.25, 0.3) is 0 Å². The van der Waals surface area contributed by atoms with Crippen molar-refractivity contribution >= 4 is 5.84 Å². The first-order chi connectivity index (χ1) is 8.27. The molecule has 1 aromatic carbocycles. The van der Waals surface area contributed by atoms with E-state index in [9.17, 15) is 0 Å². The molecule has 92 valence electrons. The molecular formula is C14H20N2O. The summed E-state index contributed by atoms with van der Waals surface area (Å²) in [5, 5.41) is 7.52. The molecule has 0 amide bonds. The van der Waals surface area contributed by atoms with Crippen molar-refractivity contribution in [1.29, 1.82) is 5.41 Å². The molecule has 0 saturated heterocycles. The molecule has 0 aliphatic heterocycles. The Balaban J connectivity index is 1.96. The smallest absolute Gasteiger partial charge is 0.123 e. The molecule has 1 aliphatic rings. The second kappa shape index (κ2) is 5.82. The number of nitrogen functional groups attached to an aromatic ring is 1. The van der Waals surface area contributed by atoms with Crippen LogP contribution in [-0.4, -0.2) is 11.9 Å². The summed E-state index contributed by atoms with van der Waals surface area (Å²) in [7, 11) is 0. The summed E-state index contributed by atoms with van der Waals surface area (Å²) in [5.41, 5.74) is 7.36. The van der Waals surface area contributed by atoms with Gasteiger partial charge in [-0.25, -0.2) is 0 Å². The van der Waals surface area contributed by atoms with E-state index < -0.39 is 0 Å². The predicted molar refractivity (Wildman–Crippen MR) is 69.1 cm³/mol. The zero-order valence-corrected chi connectivity index (χ0v) is 10.1. The molecule has 0 unspecified atom stereocenters. The van der Waals surface area contributed by atoms with Crippen molar-refractivity contribution < 1.29 is 4.74 Å². The zero-order valence-electron chi connectivity index (χ0n) is 10.1. The predicted octanol–water partition coefficient (Wildman–Crippen LogP) is 2.82. The average molecular weight is 232 g/mol. The molecule has 0 heterocycles. The van der Waals surface area contributed by atoms with Gasteiger partial charge in [0.05, 0.1) is 12.7 Å². The van der Waals surface area contributed by atoms with Crippen molar-refractivity contribution in [3.05, 3.63) is 35.4 Å². The van der Waals surface area contributed by atoms with Gasteiger partial charge in [-0.3, -0.25) is 5.41 Å². The molecule has 0 radical (unpaired) electrons. The van der Waals surface area contributed by atoms with E-state index >= 15 is 0 Å². The lowest BCUT2D eigenvalue weighted by atomic mass is 9.98. The maximum Gasteiger partial charge on any atom is 0.123 e. The second-order valence-corrected chi connectivity index (χ2v) is 4.64. The van der Waals surface area contributed by atoms with Crippen molar-refractivity contribution in [2.45, 2.75) is 44.8 Å². The summed E-state index contributed by atoms with van der Waals surface area (Å²) in [4.78, 5) is 0. The largest absolute Gasteiger partial charge is 0.384 e. The van der Waals surface area contributed by atoms with E-state index in [1.165, 1.54) is 32.1 Å². The number of hydrogen-bond donors (Lipinski definition) is 2. The maximum absolute atomic E-state index is 7.52. The average Bonchev–Trinajstić information content (AvgIpc) is 2.38. The normalized spacial score (nSPS) is 16.9. The molecule has 0 aromatic heterocycles. The molecule has 0 bridgehead atoms. The Morgan fingerprint density at radius 3 is 2.65 bits per heavy atom. The molecule has 1 fully saturated rings. The van der Waals surface area contributed by atoms with Crippen LogP contribution in [-0.2, 0) is 11.3 Å². The van der Waals surface area contributed by atoms with E-state index in [4.69, 9.17) is 15.9 Å². The van der Waals surface area contributed by atoms with Gasteiger partial charge in [-0.1, -0.05) is 43.5 Å². The number of ether oxygens (including phenoxy) is 1. The van der Waals surface area contributed by atoms with Crippen molar-refractivity contribution in [3.63, 3.8) is 0 Å². The van der Waals surface area contributed by atoms with E-state index in [-0.39, 0.29) is 5.84 Å².